The molecule has 0 aliphatic carbocycles. The van der Waals surface area contributed by atoms with E-state index in [0.717, 1.165) is 0 Å². The molecule has 0 radical (unpaired) electrons. The van der Waals surface area contributed by atoms with Gasteiger partial charge in [0.2, 0.25) is 5.88 Å². The summed E-state index contributed by atoms with van der Waals surface area (Å²) < 4.78 is 24.9. The van der Waals surface area contributed by atoms with E-state index in [2.05, 4.69) is 11.1 Å². The van der Waals surface area contributed by atoms with Crippen LogP contribution in [0.15, 0.2) is 42.5 Å². The van der Waals surface area contributed by atoms with Crippen LogP contribution in [0.4, 0.5) is 4.39 Å². The fourth-order valence-electron chi connectivity index (χ4n) is 3.08. The van der Waals surface area contributed by atoms with E-state index < -0.39 is 11.9 Å². The van der Waals surface area contributed by atoms with Crippen LogP contribution >= 0.6 is 0 Å². The van der Waals surface area contributed by atoms with Crippen molar-refractivity contribution in [1.29, 1.82) is 5.26 Å². The molecule has 150 valence electrons. The van der Waals surface area contributed by atoms with Gasteiger partial charge in [-0.2, -0.15) is 5.26 Å². The number of ether oxygens (including phenoxy) is 2. The number of rotatable bonds is 8. The van der Waals surface area contributed by atoms with E-state index >= 15 is 0 Å². The van der Waals surface area contributed by atoms with E-state index in [9.17, 15) is 14.8 Å². The quantitative estimate of drug-likeness (QED) is 0.567. The Morgan fingerprint density at radius 2 is 2.07 bits per heavy atom. The second-order valence-electron chi connectivity index (χ2n) is 6.50. The van der Waals surface area contributed by atoms with Crippen LogP contribution < -0.4 is 9.47 Å². The molecule has 6 nitrogen and oxygen atoms in total. The van der Waals surface area contributed by atoms with Gasteiger partial charge in [-0.3, -0.25) is 0 Å². The van der Waals surface area contributed by atoms with Gasteiger partial charge in [-0.15, -0.1) is 0 Å². The van der Waals surface area contributed by atoms with Gasteiger partial charge in [0, 0.05) is 10.9 Å². The largest absolute Gasteiger partial charge is 0.497 e. The number of nitrogens with zero attached hydrogens (tertiary/aromatic N) is 2. The summed E-state index contributed by atoms with van der Waals surface area (Å²) in [5.74, 6) is 0.315. The number of aliphatic hydroxyl groups excluding tert-OH is 2. The molecule has 1 unspecified atom stereocenters. The van der Waals surface area contributed by atoms with Gasteiger partial charge in [0.1, 0.15) is 23.2 Å². The molecular formula is C22H21FN2O4. The molecule has 1 aromatic heterocycles. The topological polar surface area (TPSA) is 95.6 Å². The molecule has 2 aromatic carbocycles. The molecule has 0 aliphatic rings. The first-order valence-electron chi connectivity index (χ1n) is 9.17. The summed E-state index contributed by atoms with van der Waals surface area (Å²) in [6, 6.07) is 13.4. The smallest absolute Gasteiger partial charge is 0.232 e. The van der Waals surface area contributed by atoms with E-state index in [-0.39, 0.29) is 24.7 Å². The Bertz CT molecular complexity index is 1050. The van der Waals surface area contributed by atoms with Crippen LogP contribution in [0.2, 0.25) is 0 Å². The second kappa shape index (κ2) is 9.32. The lowest BCUT2D eigenvalue weighted by atomic mass is 9.96. The minimum atomic E-state index is -0.811. The maximum absolute atomic E-state index is 13.9. The number of halogens is 1. The Balaban J connectivity index is 2.10. The zero-order valence-electron chi connectivity index (χ0n) is 15.9. The molecule has 0 saturated heterocycles. The van der Waals surface area contributed by atoms with Crippen LogP contribution in [0.25, 0.3) is 22.0 Å². The van der Waals surface area contributed by atoms with Crippen molar-refractivity contribution in [2.45, 2.75) is 18.9 Å². The third kappa shape index (κ3) is 4.62. The van der Waals surface area contributed by atoms with Crippen LogP contribution in [0.3, 0.4) is 0 Å². The minimum absolute atomic E-state index is 0.142. The second-order valence-corrected chi connectivity index (χ2v) is 6.50. The molecule has 29 heavy (non-hydrogen) atoms. The molecule has 3 aromatic rings. The summed E-state index contributed by atoms with van der Waals surface area (Å²) in [6.45, 7) is -0.105. The van der Waals surface area contributed by atoms with Gasteiger partial charge in [0.15, 0.2) is 0 Å². The molecule has 3 rings (SSSR count). The Hall–Kier alpha value is -3.21. The Kier molecular flexibility index (Phi) is 6.60. The number of aliphatic hydroxyl groups is 2. The van der Waals surface area contributed by atoms with Crippen LogP contribution in [0, 0.1) is 17.1 Å². The summed E-state index contributed by atoms with van der Waals surface area (Å²) in [5.41, 5.74) is 1.82. The first kappa shape index (κ1) is 20.5. The zero-order chi connectivity index (χ0) is 20.8. The maximum atomic E-state index is 13.9. The van der Waals surface area contributed by atoms with Crippen molar-refractivity contribution < 1.29 is 24.1 Å². The molecule has 0 saturated carbocycles. The predicted octanol–water partition coefficient (Wildman–Crippen LogP) is 3.43. The predicted molar refractivity (Wildman–Crippen MR) is 106 cm³/mol. The van der Waals surface area contributed by atoms with Gasteiger partial charge in [0.25, 0.3) is 0 Å². The van der Waals surface area contributed by atoms with E-state index in [1.807, 2.05) is 0 Å². The number of nitriles is 1. The molecule has 0 amide bonds. The van der Waals surface area contributed by atoms with E-state index in [1.165, 1.54) is 12.1 Å². The molecule has 0 spiro atoms. The van der Waals surface area contributed by atoms with Crippen molar-refractivity contribution in [3.05, 3.63) is 53.8 Å². The number of fused-ring (bicyclic) bond motifs is 1. The zero-order valence-corrected chi connectivity index (χ0v) is 15.9. The molecule has 0 bridgehead atoms. The van der Waals surface area contributed by atoms with Gasteiger partial charge in [0.05, 0.1) is 31.9 Å². The van der Waals surface area contributed by atoms with Crippen molar-refractivity contribution in [3.63, 3.8) is 0 Å². The monoisotopic (exact) mass is 396 g/mol. The highest BCUT2D eigenvalue weighted by Crippen LogP contribution is 2.37. The van der Waals surface area contributed by atoms with Gasteiger partial charge < -0.3 is 19.7 Å². The molecule has 2 N–H and O–H groups in total. The van der Waals surface area contributed by atoms with Crippen molar-refractivity contribution in [1.82, 2.24) is 4.98 Å². The maximum Gasteiger partial charge on any atom is 0.232 e. The summed E-state index contributed by atoms with van der Waals surface area (Å²) >= 11 is 0. The van der Waals surface area contributed by atoms with Crippen LogP contribution in [-0.2, 0) is 0 Å². The van der Waals surface area contributed by atoms with Gasteiger partial charge >= 0.3 is 0 Å². The summed E-state index contributed by atoms with van der Waals surface area (Å²) in [4.78, 5) is 4.46. The van der Waals surface area contributed by atoms with Crippen LogP contribution in [0.1, 0.15) is 18.4 Å². The molecule has 1 heterocycles. The lowest BCUT2D eigenvalue weighted by molar-refractivity contribution is 0.0826. The molecular weight excluding hydrogens is 375 g/mol. The third-order valence-electron chi connectivity index (χ3n) is 4.52. The first-order chi connectivity index (χ1) is 14.1. The Morgan fingerprint density at radius 3 is 2.76 bits per heavy atom. The lowest BCUT2D eigenvalue weighted by Crippen LogP contribution is -2.13. The van der Waals surface area contributed by atoms with E-state index in [0.29, 0.717) is 40.6 Å². The highest BCUT2D eigenvalue weighted by atomic mass is 19.1. The molecule has 0 aliphatic heterocycles. The number of methoxy groups -OCH3 is 1. The number of hydrogen-bond donors (Lipinski definition) is 2. The normalized spacial score (nSPS) is 11.8. The van der Waals surface area contributed by atoms with Gasteiger partial charge in [-0.25, -0.2) is 9.37 Å². The average molecular weight is 396 g/mol. The van der Waals surface area contributed by atoms with Crippen molar-refractivity contribution in [3.8, 4) is 28.8 Å². The fourth-order valence-corrected chi connectivity index (χ4v) is 3.08. The van der Waals surface area contributed by atoms with Crippen molar-refractivity contribution in [2.24, 2.45) is 0 Å². The Morgan fingerprint density at radius 1 is 1.24 bits per heavy atom. The van der Waals surface area contributed by atoms with Crippen LogP contribution in [-0.4, -0.2) is 41.6 Å². The minimum Gasteiger partial charge on any atom is -0.497 e. The highest BCUT2D eigenvalue weighted by Gasteiger charge is 2.19. The fraction of sp³-hybridized carbons (Fsp3) is 0.273. The molecule has 1 atom stereocenters. The summed E-state index contributed by atoms with van der Waals surface area (Å²) in [5, 5.41) is 28.8. The molecule has 0 fully saturated rings. The average Bonchev–Trinajstić information content (AvgIpc) is 2.74. The SMILES string of the molecule is COc1ccc2nc(OCCCC(O)CO)c(C#N)c(-c3cccc(F)c3)c2c1. The third-order valence-corrected chi connectivity index (χ3v) is 4.52. The van der Waals surface area contributed by atoms with Crippen LogP contribution in [0.5, 0.6) is 11.6 Å². The van der Waals surface area contributed by atoms with E-state index in [1.54, 1.807) is 37.4 Å². The van der Waals surface area contributed by atoms with Gasteiger partial charge in [-0.1, -0.05) is 12.1 Å². The first-order valence-corrected chi connectivity index (χ1v) is 9.17. The lowest BCUT2D eigenvalue weighted by Gasteiger charge is -2.15. The number of hydrogen-bond acceptors (Lipinski definition) is 6. The number of aromatic nitrogens is 1. The standard InChI is InChI=1S/C22H21FN2O4/c1-28-17-7-8-20-18(11-17)21(14-4-2-5-15(23)10-14)19(12-24)22(25-20)29-9-3-6-16(27)13-26/h2,4-5,7-8,10-11,16,26-27H,3,6,9,13H2,1H3. The Labute approximate surface area is 167 Å². The summed E-state index contributed by atoms with van der Waals surface area (Å²) in [7, 11) is 1.54. The van der Waals surface area contributed by atoms with Gasteiger partial charge in [-0.05, 0) is 48.7 Å². The molecule has 7 heteroatoms. The van der Waals surface area contributed by atoms with Crippen molar-refractivity contribution in [2.75, 3.05) is 20.3 Å². The summed E-state index contributed by atoms with van der Waals surface area (Å²) in [6.07, 6.45) is 0.0263. The van der Waals surface area contributed by atoms with E-state index in [4.69, 9.17) is 14.6 Å². The number of pyridine rings is 1. The number of benzene rings is 2. The highest BCUT2D eigenvalue weighted by molar-refractivity contribution is 5.99. The van der Waals surface area contributed by atoms with Crippen molar-refractivity contribution >= 4 is 10.9 Å².